The van der Waals surface area contributed by atoms with Gasteiger partial charge in [-0.1, -0.05) is 18.7 Å². The zero-order valence-electron chi connectivity index (χ0n) is 9.69. The molecule has 2 amide bonds. The van der Waals surface area contributed by atoms with E-state index >= 15 is 0 Å². The molecule has 1 aliphatic rings. The van der Waals surface area contributed by atoms with Gasteiger partial charge in [-0.2, -0.15) is 0 Å². The minimum Gasteiger partial charge on any atom is -0.316 e. The third-order valence-corrected chi connectivity index (χ3v) is 2.69. The molecule has 4 heteroatoms. The lowest BCUT2D eigenvalue weighted by Gasteiger charge is -2.15. The summed E-state index contributed by atoms with van der Waals surface area (Å²) in [5, 5.41) is 2.94. The summed E-state index contributed by atoms with van der Waals surface area (Å²) in [4.78, 5) is 25.2. The Morgan fingerprint density at radius 1 is 1.24 bits per heavy atom. The van der Waals surface area contributed by atoms with Crippen LogP contribution in [0.2, 0.25) is 0 Å². The van der Waals surface area contributed by atoms with Gasteiger partial charge in [0.1, 0.15) is 0 Å². The number of amides is 2. The van der Waals surface area contributed by atoms with Crippen molar-refractivity contribution in [3.05, 3.63) is 47.5 Å². The third-order valence-electron chi connectivity index (χ3n) is 2.69. The topological polar surface area (TPSA) is 49.4 Å². The summed E-state index contributed by atoms with van der Waals surface area (Å²) in [7, 11) is 1.80. The molecule has 1 aromatic rings. The van der Waals surface area contributed by atoms with Crippen LogP contribution in [-0.4, -0.2) is 36.9 Å². The Kier molecular flexibility index (Phi) is 3.06. The molecule has 0 aliphatic carbocycles. The Balaban J connectivity index is 2.22. The Bertz CT molecular complexity index is 459. The van der Waals surface area contributed by atoms with Gasteiger partial charge < -0.3 is 5.32 Å². The Morgan fingerprint density at radius 2 is 1.76 bits per heavy atom. The number of imide groups is 1. The van der Waals surface area contributed by atoms with Crippen LogP contribution in [0.5, 0.6) is 0 Å². The summed E-state index contributed by atoms with van der Waals surface area (Å²) in [5.41, 5.74) is 1.77. The third kappa shape index (κ3) is 1.99. The molecule has 1 N–H and O–H groups in total. The van der Waals surface area contributed by atoms with E-state index in [9.17, 15) is 9.59 Å². The molecule has 17 heavy (non-hydrogen) atoms. The highest BCUT2D eigenvalue weighted by Gasteiger charge is 2.34. The normalized spacial score (nSPS) is 14.1. The monoisotopic (exact) mass is 230 g/mol. The minimum absolute atomic E-state index is 0.233. The molecule has 0 aromatic heterocycles. The molecule has 1 heterocycles. The van der Waals surface area contributed by atoms with Crippen molar-refractivity contribution >= 4 is 11.8 Å². The second-order valence-electron chi connectivity index (χ2n) is 4.02. The van der Waals surface area contributed by atoms with Crippen LogP contribution in [0.15, 0.2) is 36.4 Å². The van der Waals surface area contributed by atoms with E-state index in [-0.39, 0.29) is 18.4 Å². The number of benzene rings is 1. The molecule has 0 bridgehead atoms. The number of carbonyl (C=O) groups excluding carboxylic acids is 2. The molecule has 0 atom stereocenters. The zero-order chi connectivity index (χ0) is 12.4. The molecule has 0 saturated carbocycles. The quantitative estimate of drug-likeness (QED) is 0.621. The van der Waals surface area contributed by atoms with Crippen LogP contribution >= 0.6 is 0 Å². The SMILES string of the molecule is C=C(CNC)CN1C(=O)c2ccccc2C1=O. The predicted molar refractivity (Wildman–Crippen MR) is 64.9 cm³/mol. The van der Waals surface area contributed by atoms with Crippen molar-refractivity contribution in [3.63, 3.8) is 0 Å². The highest BCUT2D eigenvalue weighted by atomic mass is 16.2. The minimum atomic E-state index is -0.233. The van der Waals surface area contributed by atoms with Crippen LogP contribution in [0, 0.1) is 0 Å². The van der Waals surface area contributed by atoms with Crippen molar-refractivity contribution in [1.82, 2.24) is 10.2 Å². The van der Waals surface area contributed by atoms with Crippen molar-refractivity contribution < 1.29 is 9.59 Å². The molecule has 0 fully saturated rings. The number of likely N-dealkylation sites (N-methyl/N-ethyl adjacent to an activating group) is 1. The first-order valence-corrected chi connectivity index (χ1v) is 5.41. The fourth-order valence-corrected chi connectivity index (χ4v) is 1.91. The van der Waals surface area contributed by atoms with Crippen LogP contribution in [0.1, 0.15) is 20.7 Å². The maximum atomic E-state index is 12.0. The molecule has 88 valence electrons. The van der Waals surface area contributed by atoms with E-state index in [1.165, 1.54) is 4.90 Å². The van der Waals surface area contributed by atoms with Crippen molar-refractivity contribution in [2.75, 3.05) is 20.1 Å². The van der Waals surface area contributed by atoms with Gasteiger partial charge in [0.2, 0.25) is 0 Å². The van der Waals surface area contributed by atoms with Crippen LogP contribution in [-0.2, 0) is 0 Å². The predicted octanol–water partition coefficient (Wildman–Crippen LogP) is 1.06. The average molecular weight is 230 g/mol. The Labute approximate surface area is 99.9 Å². The zero-order valence-corrected chi connectivity index (χ0v) is 9.69. The first-order chi connectivity index (χ1) is 8.15. The van der Waals surface area contributed by atoms with Gasteiger partial charge in [-0.25, -0.2) is 0 Å². The Morgan fingerprint density at radius 3 is 2.24 bits per heavy atom. The smallest absolute Gasteiger partial charge is 0.261 e. The summed E-state index contributed by atoms with van der Waals surface area (Å²) >= 11 is 0. The van der Waals surface area contributed by atoms with E-state index in [4.69, 9.17) is 0 Å². The molecule has 0 spiro atoms. The largest absolute Gasteiger partial charge is 0.316 e. The highest BCUT2D eigenvalue weighted by molar-refractivity contribution is 6.21. The highest BCUT2D eigenvalue weighted by Crippen LogP contribution is 2.22. The van der Waals surface area contributed by atoms with Gasteiger partial charge in [0, 0.05) is 6.54 Å². The summed E-state index contributed by atoms with van der Waals surface area (Å²) in [6.07, 6.45) is 0. The maximum absolute atomic E-state index is 12.0. The van der Waals surface area contributed by atoms with E-state index in [1.807, 2.05) is 0 Å². The van der Waals surface area contributed by atoms with E-state index in [0.717, 1.165) is 5.57 Å². The van der Waals surface area contributed by atoms with Crippen LogP contribution in [0.4, 0.5) is 0 Å². The van der Waals surface area contributed by atoms with Gasteiger partial charge >= 0.3 is 0 Å². The average Bonchev–Trinajstić information content (AvgIpc) is 2.56. The second kappa shape index (κ2) is 4.51. The van der Waals surface area contributed by atoms with Crippen molar-refractivity contribution in [2.24, 2.45) is 0 Å². The van der Waals surface area contributed by atoms with E-state index < -0.39 is 0 Å². The van der Waals surface area contributed by atoms with Crippen molar-refractivity contribution in [3.8, 4) is 0 Å². The van der Waals surface area contributed by atoms with Gasteiger partial charge in [0.15, 0.2) is 0 Å². The van der Waals surface area contributed by atoms with Crippen molar-refractivity contribution in [2.45, 2.75) is 0 Å². The lowest BCUT2D eigenvalue weighted by Crippen LogP contribution is -2.33. The molecule has 4 nitrogen and oxygen atoms in total. The van der Waals surface area contributed by atoms with E-state index in [1.54, 1.807) is 31.3 Å². The molecule has 1 aromatic carbocycles. The van der Waals surface area contributed by atoms with Crippen LogP contribution < -0.4 is 5.32 Å². The maximum Gasteiger partial charge on any atom is 0.261 e. The molecule has 0 unspecified atom stereocenters. The van der Waals surface area contributed by atoms with E-state index in [0.29, 0.717) is 17.7 Å². The summed E-state index contributed by atoms with van der Waals surface area (Å²) < 4.78 is 0. The standard InChI is InChI=1S/C13H14N2O2/c1-9(7-14-2)8-15-12(16)10-5-3-4-6-11(10)13(15)17/h3-6,14H,1,7-8H2,2H3. The van der Waals surface area contributed by atoms with Crippen LogP contribution in [0.25, 0.3) is 0 Å². The number of nitrogens with zero attached hydrogens (tertiary/aromatic N) is 1. The number of fused-ring (bicyclic) bond motifs is 1. The van der Waals surface area contributed by atoms with Crippen molar-refractivity contribution in [1.29, 1.82) is 0 Å². The fraction of sp³-hybridized carbons (Fsp3) is 0.231. The van der Waals surface area contributed by atoms with Gasteiger partial charge in [-0.15, -0.1) is 0 Å². The van der Waals surface area contributed by atoms with Gasteiger partial charge in [0.05, 0.1) is 17.7 Å². The lowest BCUT2D eigenvalue weighted by molar-refractivity contribution is 0.0667. The molecular weight excluding hydrogens is 216 g/mol. The molecule has 0 radical (unpaired) electrons. The number of hydrogen-bond donors (Lipinski definition) is 1. The molecular formula is C13H14N2O2. The molecule has 0 saturated heterocycles. The number of rotatable bonds is 4. The first-order valence-electron chi connectivity index (χ1n) is 5.41. The number of nitrogens with one attached hydrogen (secondary N) is 1. The van der Waals surface area contributed by atoms with Gasteiger partial charge in [-0.05, 0) is 24.8 Å². The summed E-state index contributed by atoms with van der Waals surface area (Å²) in [6.45, 7) is 4.69. The second-order valence-corrected chi connectivity index (χ2v) is 4.02. The lowest BCUT2D eigenvalue weighted by atomic mass is 10.1. The molecule has 2 rings (SSSR count). The molecule has 1 aliphatic heterocycles. The summed E-state index contributed by atoms with van der Waals surface area (Å²) in [5.74, 6) is -0.467. The van der Waals surface area contributed by atoms with Gasteiger partial charge in [-0.3, -0.25) is 14.5 Å². The Hall–Kier alpha value is -1.94. The fourth-order valence-electron chi connectivity index (χ4n) is 1.91. The number of hydrogen-bond acceptors (Lipinski definition) is 3. The van der Waals surface area contributed by atoms with E-state index in [2.05, 4.69) is 11.9 Å². The summed E-state index contributed by atoms with van der Waals surface area (Å²) in [6, 6.07) is 6.87. The van der Waals surface area contributed by atoms with Crippen LogP contribution in [0.3, 0.4) is 0 Å². The van der Waals surface area contributed by atoms with Gasteiger partial charge in [0.25, 0.3) is 11.8 Å². The first kappa shape index (κ1) is 11.5. The number of carbonyl (C=O) groups is 2.